The molecule has 7 unspecified atom stereocenters. The monoisotopic (exact) mass is 502 g/mol. The summed E-state index contributed by atoms with van der Waals surface area (Å²) in [5, 5.41) is 0. The summed E-state index contributed by atoms with van der Waals surface area (Å²) in [4.78, 5) is 39.7. The normalized spacial score (nSPS) is 29.4. The molecule has 7 atom stereocenters. The summed E-state index contributed by atoms with van der Waals surface area (Å²) in [6.07, 6.45) is 1.19. The first-order valence-electron chi connectivity index (χ1n) is 12.9. The molecular weight excluding hydrogens is 468 g/mol. The molecule has 0 radical (unpaired) electrons. The number of ether oxygens (including phenoxy) is 3. The smallest absolute Gasteiger partial charge is 0.311 e. The Morgan fingerprint density at radius 2 is 1.65 bits per heavy atom. The third-order valence-electron chi connectivity index (χ3n) is 8.33. The van der Waals surface area contributed by atoms with E-state index < -0.39 is 47.0 Å². The molecule has 3 aliphatic rings. The molecule has 2 bridgehead atoms. The molecule has 1 saturated heterocycles. The summed E-state index contributed by atoms with van der Waals surface area (Å²) in [6.45, 7) is 13.2. The van der Waals surface area contributed by atoms with Crippen molar-refractivity contribution in [2.45, 2.75) is 58.8 Å². The van der Waals surface area contributed by atoms with Gasteiger partial charge in [-0.25, -0.2) is 0 Å². The number of hydrogen-bond donors (Lipinski definition) is 0. The number of carbonyl (C=O) groups excluding carboxylic acids is 3. The molecular formula is C31H34O6. The third-order valence-corrected chi connectivity index (χ3v) is 8.33. The molecule has 37 heavy (non-hydrogen) atoms. The molecule has 2 aromatic rings. The average Bonchev–Trinajstić information content (AvgIpc) is 3.47. The molecule has 0 spiro atoms. The Balaban J connectivity index is 1.52. The lowest BCUT2D eigenvalue weighted by atomic mass is 9.77. The number of hydrogen-bond acceptors (Lipinski definition) is 6. The Labute approximate surface area is 218 Å². The largest absolute Gasteiger partial charge is 0.458 e. The van der Waals surface area contributed by atoms with Gasteiger partial charge in [-0.05, 0) is 52.2 Å². The average molecular weight is 503 g/mol. The van der Waals surface area contributed by atoms with Crippen LogP contribution in [0, 0.1) is 36.0 Å². The molecule has 6 nitrogen and oxygen atoms in total. The highest BCUT2D eigenvalue weighted by Gasteiger charge is 2.70. The van der Waals surface area contributed by atoms with Crippen molar-refractivity contribution >= 4 is 24.0 Å². The molecule has 0 N–H and O–H groups in total. The Bertz CT molecular complexity index is 1270. The second-order valence-corrected chi connectivity index (χ2v) is 11.7. The van der Waals surface area contributed by atoms with Crippen LogP contribution in [0.25, 0.3) is 6.08 Å². The van der Waals surface area contributed by atoms with Crippen LogP contribution in [0.1, 0.15) is 56.4 Å². The molecule has 2 aromatic carbocycles. The van der Waals surface area contributed by atoms with Gasteiger partial charge in [-0.3, -0.25) is 14.4 Å². The number of carbonyl (C=O) groups is 3. The number of benzene rings is 2. The third kappa shape index (κ3) is 3.97. The molecule has 0 amide bonds. The molecule has 1 aliphatic heterocycles. The lowest BCUT2D eigenvalue weighted by Crippen LogP contribution is -2.46. The number of fused-ring (bicyclic) bond motifs is 1. The summed E-state index contributed by atoms with van der Waals surface area (Å²) < 4.78 is 18.0. The van der Waals surface area contributed by atoms with Gasteiger partial charge in [0.15, 0.2) is 5.60 Å². The van der Waals surface area contributed by atoms with E-state index in [-0.39, 0.29) is 17.8 Å². The Hall–Kier alpha value is -3.41. The van der Waals surface area contributed by atoms with Crippen LogP contribution in [0.3, 0.4) is 0 Å². The topological polar surface area (TPSA) is 78.9 Å². The van der Waals surface area contributed by atoms with Gasteiger partial charge >= 0.3 is 17.9 Å². The first-order valence-corrected chi connectivity index (χ1v) is 12.9. The predicted molar refractivity (Wildman–Crippen MR) is 138 cm³/mol. The molecule has 2 aliphatic carbocycles. The summed E-state index contributed by atoms with van der Waals surface area (Å²) in [5.74, 6) is -3.06. The molecule has 5 rings (SSSR count). The quantitative estimate of drug-likeness (QED) is 0.399. The number of esters is 3. The van der Waals surface area contributed by atoms with Crippen molar-refractivity contribution in [3.63, 3.8) is 0 Å². The minimum absolute atomic E-state index is 0.155. The number of rotatable bonds is 6. The highest BCUT2D eigenvalue weighted by molar-refractivity contribution is 5.87. The van der Waals surface area contributed by atoms with Gasteiger partial charge in [0.25, 0.3) is 0 Å². The molecule has 6 heteroatoms. The van der Waals surface area contributed by atoms with Gasteiger partial charge in [0.2, 0.25) is 0 Å². The van der Waals surface area contributed by atoms with Crippen LogP contribution in [0.5, 0.6) is 0 Å². The van der Waals surface area contributed by atoms with Crippen molar-refractivity contribution in [3.8, 4) is 0 Å². The highest BCUT2D eigenvalue weighted by Crippen LogP contribution is 2.59. The van der Waals surface area contributed by atoms with Crippen molar-refractivity contribution in [3.05, 3.63) is 77.4 Å². The van der Waals surface area contributed by atoms with E-state index in [1.54, 1.807) is 26.8 Å². The zero-order valence-electron chi connectivity index (χ0n) is 22.0. The van der Waals surface area contributed by atoms with Gasteiger partial charge in [0.1, 0.15) is 12.2 Å². The molecule has 0 aromatic heterocycles. The van der Waals surface area contributed by atoms with Crippen LogP contribution in [-0.4, -0.2) is 30.1 Å². The lowest BCUT2D eigenvalue weighted by Gasteiger charge is -2.37. The number of aryl methyl sites for hydroxylation is 1. The zero-order valence-corrected chi connectivity index (χ0v) is 22.0. The standard InChI is InChI=1S/C31H34O6/c1-7-18-13-9-11-15-22(18)31(6,21-14-10-8-12-17(21)2)37-28(33)24-20-16-19-23(24)27(32)35-25(19)26(20)36-29(34)30(3,4)5/h7-15,19-20,23-26H,1,16H2,2-6H3. The minimum atomic E-state index is -1.13. The van der Waals surface area contributed by atoms with Gasteiger partial charge in [0.05, 0.1) is 17.3 Å². The maximum Gasteiger partial charge on any atom is 0.311 e. The van der Waals surface area contributed by atoms with E-state index in [9.17, 15) is 14.4 Å². The Kier molecular flexibility index (Phi) is 6.05. The first kappa shape index (κ1) is 25.2. The maximum atomic E-state index is 14.1. The van der Waals surface area contributed by atoms with Crippen molar-refractivity contribution in [1.29, 1.82) is 0 Å². The fourth-order valence-electron chi connectivity index (χ4n) is 6.51. The van der Waals surface area contributed by atoms with Crippen LogP contribution in [0.15, 0.2) is 55.1 Å². The van der Waals surface area contributed by atoms with E-state index in [1.807, 2.05) is 62.4 Å². The zero-order chi connectivity index (χ0) is 26.7. The molecule has 2 saturated carbocycles. The van der Waals surface area contributed by atoms with Gasteiger partial charge < -0.3 is 14.2 Å². The van der Waals surface area contributed by atoms with Crippen LogP contribution in [0.4, 0.5) is 0 Å². The van der Waals surface area contributed by atoms with E-state index in [0.29, 0.717) is 6.42 Å². The van der Waals surface area contributed by atoms with E-state index in [4.69, 9.17) is 14.2 Å². The fourth-order valence-corrected chi connectivity index (χ4v) is 6.51. The fraction of sp³-hybridized carbons (Fsp3) is 0.452. The lowest BCUT2D eigenvalue weighted by molar-refractivity contribution is -0.176. The Morgan fingerprint density at radius 1 is 1.00 bits per heavy atom. The predicted octanol–water partition coefficient (Wildman–Crippen LogP) is 5.21. The van der Waals surface area contributed by atoms with Crippen molar-refractivity contribution < 1.29 is 28.6 Å². The second kappa shape index (κ2) is 8.86. The SMILES string of the molecule is C=Cc1ccccc1C(C)(OC(=O)C1C2CC3C(OC(=O)C31)C2OC(=O)C(C)(C)C)c1ccccc1C. The van der Waals surface area contributed by atoms with Crippen molar-refractivity contribution in [2.75, 3.05) is 0 Å². The van der Waals surface area contributed by atoms with E-state index in [2.05, 4.69) is 6.58 Å². The minimum Gasteiger partial charge on any atom is -0.458 e. The van der Waals surface area contributed by atoms with Crippen molar-refractivity contribution in [2.24, 2.45) is 29.1 Å². The van der Waals surface area contributed by atoms with Crippen molar-refractivity contribution in [1.82, 2.24) is 0 Å². The highest BCUT2D eigenvalue weighted by atomic mass is 16.6. The summed E-state index contributed by atoms with van der Waals surface area (Å²) in [5.41, 5.74) is 1.64. The van der Waals surface area contributed by atoms with E-state index in [0.717, 1.165) is 22.3 Å². The Morgan fingerprint density at radius 3 is 2.30 bits per heavy atom. The van der Waals surface area contributed by atoms with Gasteiger partial charge in [-0.1, -0.05) is 61.2 Å². The van der Waals surface area contributed by atoms with E-state index >= 15 is 0 Å². The summed E-state index contributed by atoms with van der Waals surface area (Å²) >= 11 is 0. The summed E-state index contributed by atoms with van der Waals surface area (Å²) in [6, 6.07) is 15.5. The van der Waals surface area contributed by atoms with Gasteiger partial charge in [-0.2, -0.15) is 0 Å². The molecule has 3 fully saturated rings. The maximum absolute atomic E-state index is 14.1. The van der Waals surface area contributed by atoms with Crippen LogP contribution in [0.2, 0.25) is 0 Å². The molecule has 1 heterocycles. The first-order chi connectivity index (χ1) is 17.5. The van der Waals surface area contributed by atoms with E-state index in [1.165, 1.54) is 0 Å². The molecule has 194 valence electrons. The summed E-state index contributed by atoms with van der Waals surface area (Å²) in [7, 11) is 0. The van der Waals surface area contributed by atoms with Crippen LogP contribution in [-0.2, 0) is 34.2 Å². The van der Waals surface area contributed by atoms with Gasteiger partial charge in [-0.15, -0.1) is 0 Å². The van der Waals surface area contributed by atoms with Crippen LogP contribution >= 0.6 is 0 Å². The van der Waals surface area contributed by atoms with Gasteiger partial charge in [0, 0.05) is 23.0 Å². The van der Waals surface area contributed by atoms with Crippen LogP contribution < -0.4 is 0 Å². The second-order valence-electron chi connectivity index (χ2n) is 11.7.